The highest BCUT2D eigenvalue weighted by atomic mass is 16.5. The van der Waals surface area contributed by atoms with E-state index in [1.807, 2.05) is 32.9 Å². The average molecular weight is 285 g/mol. The molecule has 0 spiro atoms. The third kappa shape index (κ3) is 4.56. The highest BCUT2D eigenvalue weighted by Gasteiger charge is 2.06. The summed E-state index contributed by atoms with van der Waals surface area (Å²) < 4.78 is 5.47. The largest absolute Gasteiger partial charge is 0.475 e. The number of aryl methyl sites for hydroxylation is 1. The van der Waals surface area contributed by atoms with Gasteiger partial charge in [-0.05, 0) is 38.5 Å². The van der Waals surface area contributed by atoms with Crippen molar-refractivity contribution in [3.63, 3.8) is 0 Å². The van der Waals surface area contributed by atoms with E-state index in [-0.39, 0.29) is 12.0 Å². The minimum Gasteiger partial charge on any atom is -0.475 e. The van der Waals surface area contributed by atoms with Crippen LogP contribution in [0.5, 0.6) is 5.88 Å². The first-order valence-electron chi connectivity index (χ1n) is 6.87. The van der Waals surface area contributed by atoms with Crippen molar-refractivity contribution < 1.29 is 9.53 Å². The van der Waals surface area contributed by atoms with E-state index in [0.29, 0.717) is 18.0 Å². The maximum atomic E-state index is 11.9. The SMILES string of the molecule is Cc1ccc(C(=O)NCc2ccc(OC(C)C)nc2)cn1. The second kappa shape index (κ2) is 6.83. The second-order valence-corrected chi connectivity index (χ2v) is 5.04. The number of pyridine rings is 2. The Morgan fingerprint density at radius 3 is 2.57 bits per heavy atom. The van der Waals surface area contributed by atoms with Gasteiger partial charge in [0.05, 0.1) is 11.7 Å². The van der Waals surface area contributed by atoms with E-state index in [1.165, 1.54) is 0 Å². The Morgan fingerprint density at radius 1 is 1.19 bits per heavy atom. The lowest BCUT2D eigenvalue weighted by molar-refractivity contribution is 0.0950. The molecule has 0 radical (unpaired) electrons. The van der Waals surface area contributed by atoms with Crippen LogP contribution in [0.15, 0.2) is 36.7 Å². The molecular weight excluding hydrogens is 266 g/mol. The lowest BCUT2D eigenvalue weighted by atomic mass is 10.2. The van der Waals surface area contributed by atoms with Crippen molar-refractivity contribution in [2.75, 3.05) is 0 Å². The number of hydrogen-bond donors (Lipinski definition) is 1. The summed E-state index contributed by atoms with van der Waals surface area (Å²) in [4.78, 5) is 20.2. The van der Waals surface area contributed by atoms with Crippen LogP contribution >= 0.6 is 0 Å². The van der Waals surface area contributed by atoms with Crippen LogP contribution in [0.2, 0.25) is 0 Å². The van der Waals surface area contributed by atoms with Crippen LogP contribution in [0, 0.1) is 6.92 Å². The van der Waals surface area contributed by atoms with Gasteiger partial charge in [-0.1, -0.05) is 6.07 Å². The summed E-state index contributed by atoms with van der Waals surface area (Å²) in [6.45, 7) is 6.20. The highest BCUT2D eigenvalue weighted by molar-refractivity contribution is 5.93. The second-order valence-electron chi connectivity index (χ2n) is 5.04. The lowest BCUT2D eigenvalue weighted by Crippen LogP contribution is -2.23. The highest BCUT2D eigenvalue weighted by Crippen LogP contribution is 2.09. The summed E-state index contributed by atoms with van der Waals surface area (Å²) in [6.07, 6.45) is 3.37. The van der Waals surface area contributed by atoms with Crippen molar-refractivity contribution in [3.05, 3.63) is 53.5 Å². The summed E-state index contributed by atoms with van der Waals surface area (Å²) in [5.41, 5.74) is 2.35. The lowest BCUT2D eigenvalue weighted by Gasteiger charge is -2.09. The number of hydrogen-bond acceptors (Lipinski definition) is 4. The van der Waals surface area contributed by atoms with E-state index >= 15 is 0 Å². The molecule has 5 nitrogen and oxygen atoms in total. The molecule has 2 aromatic rings. The fourth-order valence-corrected chi connectivity index (χ4v) is 1.71. The molecule has 0 fully saturated rings. The molecule has 2 rings (SSSR count). The first-order chi connectivity index (χ1) is 10.0. The number of nitrogens with zero attached hydrogens (tertiary/aromatic N) is 2. The molecule has 5 heteroatoms. The van der Waals surface area contributed by atoms with Gasteiger partial charge in [-0.2, -0.15) is 0 Å². The van der Waals surface area contributed by atoms with Crippen LogP contribution in [-0.2, 0) is 6.54 Å². The maximum Gasteiger partial charge on any atom is 0.253 e. The Morgan fingerprint density at radius 2 is 2.00 bits per heavy atom. The van der Waals surface area contributed by atoms with Gasteiger partial charge in [0.2, 0.25) is 5.88 Å². The third-order valence-electron chi connectivity index (χ3n) is 2.78. The number of aromatic nitrogens is 2. The molecule has 0 saturated carbocycles. The molecule has 0 atom stereocenters. The number of nitrogens with one attached hydrogen (secondary N) is 1. The van der Waals surface area contributed by atoms with Gasteiger partial charge in [-0.25, -0.2) is 4.98 Å². The Kier molecular flexibility index (Phi) is 4.87. The third-order valence-corrected chi connectivity index (χ3v) is 2.78. The molecule has 110 valence electrons. The van der Waals surface area contributed by atoms with Gasteiger partial charge in [0.15, 0.2) is 0 Å². The standard InChI is InChI=1S/C16H19N3O2/c1-11(2)21-15-7-5-13(8-18-15)9-19-16(20)14-6-4-12(3)17-10-14/h4-8,10-11H,9H2,1-3H3,(H,19,20). The van der Waals surface area contributed by atoms with E-state index in [4.69, 9.17) is 4.74 Å². The Balaban J connectivity index is 1.90. The number of carbonyl (C=O) groups excluding carboxylic acids is 1. The predicted octanol–water partition coefficient (Wildman–Crippen LogP) is 2.50. The fourth-order valence-electron chi connectivity index (χ4n) is 1.71. The molecule has 2 heterocycles. The summed E-state index contributed by atoms with van der Waals surface area (Å²) in [5, 5.41) is 2.84. The van der Waals surface area contributed by atoms with Gasteiger partial charge < -0.3 is 10.1 Å². The zero-order valence-corrected chi connectivity index (χ0v) is 12.5. The molecule has 0 aliphatic rings. The zero-order valence-electron chi connectivity index (χ0n) is 12.5. The molecule has 0 saturated heterocycles. The number of amides is 1. The monoisotopic (exact) mass is 285 g/mol. The van der Waals surface area contributed by atoms with Crippen molar-refractivity contribution in [1.29, 1.82) is 0 Å². The van der Waals surface area contributed by atoms with Gasteiger partial charge in [0.1, 0.15) is 0 Å². The summed E-state index contributed by atoms with van der Waals surface area (Å²) in [7, 11) is 0. The topological polar surface area (TPSA) is 64.1 Å². The minimum absolute atomic E-state index is 0.0945. The molecule has 21 heavy (non-hydrogen) atoms. The van der Waals surface area contributed by atoms with Crippen molar-refractivity contribution in [2.24, 2.45) is 0 Å². The summed E-state index contributed by atoms with van der Waals surface area (Å²) >= 11 is 0. The van der Waals surface area contributed by atoms with Gasteiger partial charge >= 0.3 is 0 Å². The van der Waals surface area contributed by atoms with E-state index in [0.717, 1.165) is 11.3 Å². The average Bonchev–Trinajstić information content (AvgIpc) is 2.46. The Labute approximate surface area is 124 Å². The van der Waals surface area contributed by atoms with E-state index < -0.39 is 0 Å². The van der Waals surface area contributed by atoms with Crippen LogP contribution < -0.4 is 10.1 Å². The molecule has 0 aliphatic carbocycles. The van der Waals surface area contributed by atoms with E-state index in [1.54, 1.807) is 24.5 Å². The summed E-state index contributed by atoms with van der Waals surface area (Å²) in [6, 6.07) is 7.26. The van der Waals surface area contributed by atoms with Crippen LogP contribution in [0.25, 0.3) is 0 Å². The predicted molar refractivity (Wildman–Crippen MR) is 80.1 cm³/mol. The number of ether oxygens (including phenoxy) is 1. The first-order valence-corrected chi connectivity index (χ1v) is 6.87. The number of rotatable bonds is 5. The van der Waals surface area contributed by atoms with Gasteiger partial charge in [0, 0.05) is 30.7 Å². The fraction of sp³-hybridized carbons (Fsp3) is 0.312. The smallest absolute Gasteiger partial charge is 0.253 e. The molecule has 1 amide bonds. The van der Waals surface area contributed by atoms with Crippen LogP contribution in [-0.4, -0.2) is 22.0 Å². The molecule has 1 N–H and O–H groups in total. The molecule has 0 unspecified atom stereocenters. The van der Waals surface area contributed by atoms with Crippen LogP contribution in [0.1, 0.15) is 35.5 Å². The van der Waals surface area contributed by atoms with Crippen LogP contribution in [0.3, 0.4) is 0 Å². The molecule has 2 aromatic heterocycles. The quantitative estimate of drug-likeness (QED) is 0.916. The molecule has 0 aliphatic heterocycles. The van der Waals surface area contributed by atoms with Crippen molar-refractivity contribution in [2.45, 2.75) is 33.4 Å². The summed E-state index contributed by atoms with van der Waals surface area (Å²) in [5.74, 6) is 0.438. The Hall–Kier alpha value is -2.43. The molecule has 0 aromatic carbocycles. The van der Waals surface area contributed by atoms with Gasteiger partial charge in [-0.3, -0.25) is 9.78 Å². The minimum atomic E-state index is -0.148. The van der Waals surface area contributed by atoms with E-state index in [9.17, 15) is 4.79 Å². The Bertz CT molecular complexity index is 592. The van der Waals surface area contributed by atoms with Crippen molar-refractivity contribution in [1.82, 2.24) is 15.3 Å². The van der Waals surface area contributed by atoms with E-state index in [2.05, 4.69) is 15.3 Å². The van der Waals surface area contributed by atoms with Gasteiger partial charge in [0.25, 0.3) is 5.91 Å². The maximum absolute atomic E-state index is 11.9. The van der Waals surface area contributed by atoms with Crippen molar-refractivity contribution >= 4 is 5.91 Å². The normalized spacial score (nSPS) is 10.5. The first kappa shape index (κ1) is 15.0. The van der Waals surface area contributed by atoms with Gasteiger partial charge in [-0.15, -0.1) is 0 Å². The van der Waals surface area contributed by atoms with Crippen LogP contribution in [0.4, 0.5) is 0 Å². The molecular formula is C16H19N3O2. The molecule has 0 bridgehead atoms. The zero-order chi connectivity index (χ0) is 15.2. The number of carbonyl (C=O) groups is 1. The van der Waals surface area contributed by atoms with Crippen molar-refractivity contribution in [3.8, 4) is 5.88 Å².